The second-order valence-electron chi connectivity index (χ2n) is 2.75. The van der Waals surface area contributed by atoms with E-state index in [4.69, 9.17) is 21.4 Å². The van der Waals surface area contributed by atoms with E-state index in [-0.39, 0.29) is 6.42 Å². The molecule has 0 atom stereocenters. The summed E-state index contributed by atoms with van der Waals surface area (Å²) in [4.78, 5) is 10.4. The number of carboxylic acids is 1. The number of ether oxygens (including phenoxy) is 1. The average molecular weight is 215 g/mol. The number of hydrogen-bond acceptors (Lipinski definition) is 2. The third kappa shape index (κ3) is 3.66. The van der Waals surface area contributed by atoms with Crippen molar-refractivity contribution in [2.75, 3.05) is 12.5 Å². The molecular formula is C10H11ClO3. The summed E-state index contributed by atoms with van der Waals surface area (Å²) >= 11 is 5.45. The van der Waals surface area contributed by atoms with Gasteiger partial charge in [0.1, 0.15) is 12.4 Å². The molecular weight excluding hydrogens is 204 g/mol. The summed E-state index contributed by atoms with van der Waals surface area (Å²) in [5.41, 5.74) is 0.760. The summed E-state index contributed by atoms with van der Waals surface area (Å²) in [5.74, 6) is 0.316. The van der Waals surface area contributed by atoms with Crippen LogP contribution in [0.25, 0.3) is 0 Å². The Bertz CT molecular complexity index is 295. The van der Waals surface area contributed by atoms with Crippen molar-refractivity contribution in [3.05, 3.63) is 29.8 Å². The normalized spacial score (nSPS) is 9.79. The highest BCUT2D eigenvalue weighted by Crippen LogP contribution is 2.12. The second kappa shape index (κ2) is 5.50. The molecule has 14 heavy (non-hydrogen) atoms. The van der Waals surface area contributed by atoms with Crippen LogP contribution in [0.4, 0.5) is 0 Å². The van der Waals surface area contributed by atoms with Gasteiger partial charge in [-0.3, -0.25) is 4.79 Å². The number of hydrogen-bond donors (Lipinski definition) is 1. The molecule has 0 saturated carbocycles. The SMILES string of the molecule is O=C(O)Cc1ccc(OCCCl)cc1. The van der Waals surface area contributed by atoms with E-state index in [9.17, 15) is 4.79 Å². The van der Waals surface area contributed by atoms with Crippen LogP contribution in [-0.4, -0.2) is 23.6 Å². The van der Waals surface area contributed by atoms with Crippen molar-refractivity contribution in [3.8, 4) is 5.75 Å². The van der Waals surface area contributed by atoms with Crippen LogP contribution in [0, 0.1) is 0 Å². The van der Waals surface area contributed by atoms with Gasteiger partial charge < -0.3 is 9.84 Å². The number of benzene rings is 1. The van der Waals surface area contributed by atoms with E-state index in [0.29, 0.717) is 18.2 Å². The van der Waals surface area contributed by atoms with Crippen LogP contribution in [0.3, 0.4) is 0 Å². The van der Waals surface area contributed by atoms with E-state index >= 15 is 0 Å². The van der Waals surface area contributed by atoms with Gasteiger partial charge >= 0.3 is 5.97 Å². The molecule has 0 aliphatic rings. The first-order valence-corrected chi connectivity index (χ1v) is 4.75. The number of rotatable bonds is 5. The summed E-state index contributed by atoms with van der Waals surface area (Å²) in [5, 5.41) is 8.53. The lowest BCUT2D eigenvalue weighted by atomic mass is 10.1. The molecule has 0 saturated heterocycles. The van der Waals surface area contributed by atoms with E-state index in [0.717, 1.165) is 5.56 Å². The minimum absolute atomic E-state index is 0.0375. The first-order valence-electron chi connectivity index (χ1n) is 4.22. The van der Waals surface area contributed by atoms with Gasteiger partial charge in [0, 0.05) is 0 Å². The summed E-state index contributed by atoms with van der Waals surface area (Å²) in [6, 6.07) is 6.95. The maximum Gasteiger partial charge on any atom is 0.307 e. The molecule has 0 aliphatic carbocycles. The van der Waals surface area contributed by atoms with Crippen molar-refractivity contribution in [3.63, 3.8) is 0 Å². The number of aliphatic carboxylic acids is 1. The number of halogens is 1. The van der Waals surface area contributed by atoms with Crippen LogP contribution < -0.4 is 4.74 Å². The van der Waals surface area contributed by atoms with E-state index in [1.165, 1.54) is 0 Å². The molecule has 1 N–H and O–H groups in total. The van der Waals surface area contributed by atoms with Gasteiger partial charge in [-0.1, -0.05) is 12.1 Å². The van der Waals surface area contributed by atoms with Crippen LogP contribution >= 0.6 is 11.6 Å². The van der Waals surface area contributed by atoms with Crippen LogP contribution in [0.15, 0.2) is 24.3 Å². The average Bonchev–Trinajstić information content (AvgIpc) is 2.16. The monoisotopic (exact) mass is 214 g/mol. The van der Waals surface area contributed by atoms with E-state index in [2.05, 4.69) is 0 Å². The summed E-state index contributed by atoms with van der Waals surface area (Å²) < 4.78 is 5.24. The quantitative estimate of drug-likeness (QED) is 0.762. The van der Waals surface area contributed by atoms with Crippen molar-refractivity contribution in [1.29, 1.82) is 0 Å². The zero-order valence-electron chi connectivity index (χ0n) is 7.57. The number of alkyl halides is 1. The number of carboxylic acid groups (broad SMARTS) is 1. The third-order valence-electron chi connectivity index (χ3n) is 1.62. The van der Waals surface area contributed by atoms with Gasteiger partial charge in [0.05, 0.1) is 12.3 Å². The summed E-state index contributed by atoms with van der Waals surface area (Å²) in [6.45, 7) is 0.458. The lowest BCUT2D eigenvalue weighted by Crippen LogP contribution is -2.01. The van der Waals surface area contributed by atoms with E-state index in [1.807, 2.05) is 0 Å². The molecule has 1 rings (SSSR count). The molecule has 0 aromatic heterocycles. The smallest absolute Gasteiger partial charge is 0.307 e. The highest BCUT2D eigenvalue weighted by atomic mass is 35.5. The zero-order chi connectivity index (χ0) is 10.4. The lowest BCUT2D eigenvalue weighted by molar-refractivity contribution is -0.136. The Morgan fingerprint density at radius 2 is 2.00 bits per heavy atom. The molecule has 4 heteroatoms. The number of carbonyl (C=O) groups is 1. The molecule has 0 fully saturated rings. The molecule has 3 nitrogen and oxygen atoms in total. The highest BCUT2D eigenvalue weighted by molar-refractivity contribution is 6.17. The standard InChI is InChI=1S/C10H11ClO3/c11-5-6-14-9-3-1-8(2-4-9)7-10(12)13/h1-4H,5-7H2,(H,12,13). The first kappa shape index (κ1) is 10.9. The maximum absolute atomic E-state index is 10.4. The van der Waals surface area contributed by atoms with E-state index < -0.39 is 5.97 Å². The van der Waals surface area contributed by atoms with Crippen molar-refractivity contribution in [2.45, 2.75) is 6.42 Å². The Hall–Kier alpha value is -1.22. The van der Waals surface area contributed by atoms with Gasteiger partial charge in [-0.05, 0) is 17.7 Å². The largest absolute Gasteiger partial charge is 0.492 e. The predicted octanol–water partition coefficient (Wildman–Crippen LogP) is 1.93. The minimum Gasteiger partial charge on any atom is -0.492 e. The van der Waals surface area contributed by atoms with Gasteiger partial charge in [0.15, 0.2) is 0 Å². The fourth-order valence-electron chi connectivity index (χ4n) is 1.03. The lowest BCUT2D eigenvalue weighted by Gasteiger charge is -2.04. The summed E-state index contributed by atoms with van der Waals surface area (Å²) in [6.07, 6.45) is 0.0375. The van der Waals surface area contributed by atoms with Crippen LogP contribution in [0.5, 0.6) is 5.75 Å². The Balaban J connectivity index is 2.54. The Morgan fingerprint density at radius 3 is 2.50 bits per heavy atom. The van der Waals surface area contributed by atoms with Gasteiger partial charge in [-0.25, -0.2) is 0 Å². The topological polar surface area (TPSA) is 46.5 Å². The Kier molecular flexibility index (Phi) is 4.26. The zero-order valence-corrected chi connectivity index (χ0v) is 8.33. The fourth-order valence-corrected chi connectivity index (χ4v) is 1.11. The minimum atomic E-state index is -0.834. The van der Waals surface area contributed by atoms with E-state index in [1.54, 1.807) is 24.3 Å². The first-order chi connectivity index (χ1) is 6.72. The van der Waals surface area contributed by atoms with Crippen LogP contribution in [0.2, 0.25) is 0 Å². The second-order valence-corrected chi connectivity index (χ2v) is 3.13. The highest BCUT2D eigenvalue weighted by Gasteiger charge is 2.00. The molecule has 1 aromatic carbocycles. The van der Waals surface area contributed by atoms with Gasteiger partial charge in [0.2, 0.25) is 0 Å². The maximum atomic E-state index is 10.4. The molecule has 0 heterocycles. The van der Waals surface area contributed by atoms with Crippen molar-refractivity contribution < 1.29 is 14.6 Å². The molecule has 1 aromatic rings. The van der Waals surface area contributed by atoms with Crippen molar-refractivity contribution in [2.24, 2.45) is 0 Å². The summed E-state index contributed by atoms with van der Waals surface area (Å²) in [7, 11) is 0. The fraction of sp³-hybridized carbons (Fsp3) is 0.300. The molecule has 0 spiro atoms. The molecule has 0 amide bonds. The van der Waals surface area contributed by atoms with Crippen molar-refractivity contribution in [1.82, 2.24) is 0 Å². The predicted molar refractivity (Wildman–Crippen MR) is 54.0 cm³/mol. The Morgan fingerprint density at radius 1 is 1.36 bits per heavy atom. The van der Waals surface area contributed by atoms with Gasteiger partial charge in [-0.2, -0.15) is 0 Å². The Labute approximate surface area is 87.3 Å². The van der Waals surface area contributed by atoms with Crippen LogP contribution in [0.1, 0.15) is 5.56 Å². The molecule has 0 radical (unpaired) electrons. The van der Waals surface area contributed by atoms with Gasteiger partial charge in [-0.15, -0.1) is 11.6 Å². The third-order valence-corrected chi connectivity index (χ3v) is 1.78. The molecule has 0 unspecified atom stereocenters. The molecule has 0 aliphatic heterocycles. The van der Waals surface area contributed by atoms with Gasteiger partial charge in [0.25, 0.3) is 0 Å². The van der Waals surface area contributed by atoms with Crippen molar-refractivity contribution >= 4 is 17.6 Å². The van der Waals surface area contributed by atoms with Crippen LogP contribution in [-0.2, 0) is 11.2 Å². The molecule has 0 bridgehead atoms. The molecule has 76 valence electrons.